The Morgan fingerprint density at radius 3 is 2.90 bits per heavy atom. The van der Waals surface area contributed by atoms with Crippen LogP contribution in [0.15, 0.2) is 24.3 Å². The summed E-state index contributed by atoms with van der Waals surface area (Å²) in [5, 5.41) is 0. The lowest BCUT2D eigenvalue weighted by Crippen LogP contribution is -2.35. The van der Waals surface area contributed by atoms with Crippen molar-refractivity contribution in [3.8, 4) is 0 Å². The molecule has 0 aromatic heterocycles. The molecule has 4 heteroatoms. The molecule has 2 N–H and O–H groups in total. The third-order valence-electron chi connectivity index (χ3n) is 4.44. The van der Waals surface area contributed by atoms with Crippen LogP contribution >= 0.6 is 0 Å². The number of hydrogen-bond acceptors (Lipinski definition) is 4. The zero-order valence-electron chi connectivity index (χ0n) is 13.6. The topological polar surface area (TPSA) is 41.7 Å². The van der Waals surface area contributed by atoms with Crippen LogP contribution in [-0.4, -0.2) is 57.2 Å². The Bertz CT molecular complexity index is 438. The Hall–Kier alpha value is -0.940. The van der Waals surface area contributed by atoms with E-state index < -0.39 is 0 Å². The van der Waals surface area contributed by atoms with Crippen LogP contribution in [0.3, 0.4) is 0 Å². The third kappa shape index (κ3) is 4.51. The number of rotatable bonds is 7. The summed E-state index contributed by atoms with van der Waals surface area (Å²) in [6.07, 6.45) is 1.29. The monoisotopic (exact) mass is 291 g/mol. The Kier molecular flexibility index (Phi) is 6.18. The second kappa shape index (κ2) is 7.90. The van der Waals surface area contributed by atoms with Gasteiger partial charge in [0, 0.05) is 32.8 Å². The molecule has 0 amide bonds. The summed E-state index contributed by atoms with van der Waals surface area (Å²) in [7, 11) is 6.13. The average molecular weight is 291 g/mol. The summed E-state index contributed by atoms with van der Waals surface area (Å²) in [6.45, 7) is 4.83. The van der Waals surface area contributed by atoms with Crippen LogP contribution < -0.4 is 5.73 Å². The molecule has 0 radical (unpaired) electrons. The zero-order valence-corrected chi connectivity index (χ0v) is 13.6. The summed E-state index contributed by atoms with van der Waals surface area (Å²) in [5.74, 6) is 0.760. The standard InChI is InChI=1S/C17H29N3O/c1-19-8-7-15(11-19)12-20(2)17(10-18)16-6-4-5-14(9-16)13-21-3/h4-6,9,15,17H,7-8,10-13,18H2,1-3H3. The number of likely N-dealkylation sites (tertiary alicyclic amines) is 1. The minimum Gasteiger partial charge on any atom is -0.380 e. The number of benzene rings is 1. The zero-order chi connectivity index (χ0) is 15.2. The van der Waals surface area contributed by atoms with Crippen molar-refractivity contribution in [2.45, 2.75) is 19.1 Å². The van der Waals surface area contributed by atoms with Gasteiger partial charge in [-0.3, -0.25) is 4.90 Å². The molecule has 2 rings (SSSR count). The van der Waals surface area contributed by atoms with Gasteiger partial charge in [-0.15, -0.1) is 0 Å². The van der Waals surface area contributed by atoms with Crippen LogP contribution in [-0.2, 0) is 11.3 Å². The number of hydrogen-bond donors (Lipinski definition) is 1. The van der Waals surface area contributed by atoms with Crippen LogP contribution in [0.5, 0.6) is 0 Å². The molecule has 1 saturated heterocycles. The van der Waals surface area contributed by atoms with Crippen molar-refractivity contribution in [2.24, 2.45) is 11.7 Å². The van der Waals surface area contributed by atoms with Crippen molar-refractivity contribution in [3.05, 3.63) is 35.4 Å². The number of ether oxygens (including phenoxy) is 1. The van der Waals surface area contributed by atoms with Gasteiger partial charge in [0.15, 0.2) is 0 Å². The molecule has 2 unspecified atom stereocenters. The van der Waals surface area contributed by atoms with Crippen LogP contribution in [0, 0.1) is 5.92 Å². The van der Waals surface area contributed by atoms with E-state index in [-0.39, 0.29) is 6.04 Å². The predicted octanol–water partition coefficient (Wildman–Crippen LogP) is 1.72. The van der Waals surface area contributed by atoms with E-state index in [0.717, 1.165) is 12.5 Å². The van der Waals surface area contributed by atoms with E-state index >= 15 is 0 Å². The largest absolute Gasteiger partial charge is 0.380 e. The molecule has 1 fully saturated rings. The van der Waals surface area contributed by atoms with Crippen molar-refractivity contribution in [1.82, 2.24) is 9.80 Å². The SMILES string of the molecule is COCc1cccc(C(CN)N(C)CC2CCN(C)C2)c1. The van der Waals surface area contributed by atoms with Gasteiger partial charge in [0.2, 0.25) is 0 Å². The molecule has 118 valence electrons. The Labute approximate surface area is 128 Å². The maximum atomic E-state index is 6.05. The molecule has 0 spiro atoms. The second-order valence-electron chi connectivity index (χ2n) is 6.29. The first kappa shape index (κ1) is 16.4. The molecule has 0 bridgehead atoms. The molecule has 0 saturated carbocycles. The molecule has 1 aliphatic rings. The molecule has 4 nitrogen and oxygen atoms in total. The molecular weight excluding hydrogens is 262 g/mol. The number of methoxy groups -OCH3 is 1. The second-order valence-corrected chi connectivity index (χ2v) is 6.29. The van der Waals surface area contributed by atoms with Gasteiger partial charge in [0.1, 0.15) is 0 Å². The first-order valence-electron chi connectivity index (χ1n) is 7.80. The summed E-state index contributed by atoms with van der Waals surface area (Å²) in [4.78, 5) is 4.82. The molecule has 1 aliphatic heterocycles. The Morgan fingerprint density at radius 1 is 1.48 bits per heavy atom. The Balaban J connectivity index is 2.02. The molecule has 0 aliphatic carbocycles. The lowest BCUT2D eigenvalue weighted by atomic mass is 10.0. The number of likely N-dealkylation sites (N-methyl/N-ethyl adjacent to an activating group) is 1. The maximum absolute atomic E-state index is 6.05. The highest BCUT2D eigenvalue weighted by Gasteiger charge is 2.24. The minimum atomic E-state index is 0.285. The highest BCUT2D eigenvalue weighted by atomic mass is 16.5. The highest BCUT2D eigenvalue weighted by Crippen LogP contribution is 2.23. The van der Waals surface area contributed by atoms with E-state index in [1.165, 1.54) is 30.6 Å². The first-order chi connectivity index (χ1) is 10.1. The summed E-state index contributed by atoms with van der Waals surface area (Å²) in [5.41, 5.74) is 8.55. The lowest BCUT2D eigenvalue weighted by molar-refractivity contribution is 0.184. The molecule has 21 heavy (non-hydrogen) atoms. The fraction of sp³-hybridized carbons (Fsp3) is 0.647. The summed E-state index contributed by atoms with van der Waals surface area (Å²) < 4.78 is 5.23. The molecule has 1 heterocycles. The third-order valence-corrected chi connectivity index (χ3v) is 4.44. The van der Waals surface area contributed by atoms with Gasteiger partial charge in [0.05, 0.1) is 6.61 Å². The Morgan fingerprint density at radius 2 is 2.29 bits per heavy atom. The fourth-order valence-corrected chi connectivity index (χ4v) is 3.34. The summed E-state index contributed by atoms with van der Waals surface area (Å²) in [6, 6.07) is 8.88. The summed E-state index contributed by atoms with van der Waals surface area (Å²) >= 11 is 0. The molecule has 2 atom stereocenters. The number of nitrogens with zero attached hydrogens (tertiary/aromatic N) is 2. The van der Waals surface area contributed by atoms with Crippen molar-refractivity contribution < 1.29 is 4.74 Å². The van der Waals surface area contributed by atoms with Gasteiger partial charge < -0.3 is 15.4 Å². The number of nitrogens with two attached hydrogens (primary N) is 1. The van der Waals surface area contributed by atoms with Crippen LogP contribution in [0.25, 0.3) is 0 Å². The quantitative estimate of drug-likeness (QED) is 0.830. The minimum absolute atomic E-state index is 0.285. The smallest absolute Gasteiger partial charge is 0.0713 e. The van der Waals surface area contributed by atoms with Crippen molar-refractivity contribution in [2.75, 3.05) is 47.4 Å². The van der Waals surface area contributed by atoms with E-state index in [1.807, 2.05) is 0 Å². The van der Waals surface area contributed by atoms with Crippen LogP contribution in [0.4, 0.5) is 0 Å². The van der Waals surface area contributed by atoms with Crippen LogP contribution in [0.2, 0.25) is 0 Å². The van der Waals surface area contributed by atoms with E-state index in [0.29, 0.717) is 13.2 Å². The van der Waals surface area contributed by atoms with E-state index in [2.05, 4.69) is 48.2 Å². The first-order valence-corrected chi connectivity index (χ1v) is 7.80. The highest BCUT2D eigenvalue weighted by molar-refractivity contribution is 5.26. The van der Waals surface area contributed by atoms with E-state index in [4.69, 9.17) is 10.5 Å². The predicted molar refractivity (Wildman–Crippen MR) is 87.2 cm³/mol. The fourth-order valence-electron chi connectivity index (χ4n) is 3.34. The average Bonchev–Trinajstić information content (AvgIpc) is 2.86. The van der Waals surface area contributed by atoms with E-state index in [9.17, 15) is 0 Å². The maximum Gasteiger partial charge on any atom is 0.0713 e. The lowest BCUT2D eigenvalue weighted by Gasteiger charge is -2.30. The van der Waals surface area contributed by atoms with Gasteiger partial charge in [-0.25, -0.2) is 0 Å². The van der Waals surface area contributed by atoms with Gasteiger partial charge in [-0.05, 0) is 44.1 Å². The van der Waals surface area contributed by atoms with Gasteiger partial charge in [-0.1, -0.05) is 24.3 Å². The van der Waals surface area contributed by atoms with Gasteiger partial charge >= 0.3 is 0 Å². The van der Waals surface area contributed by atoms with Crippen molar-refractivity contribution in [3.63, 3.8) is 0 Å². The molecule has 1 aromatic rings. The van der Waals surface area contributed by atoms with Gasteiger partial charge in [-0.2, -0.15) is 0 Å². The normalized spacial score (nSPS) is 21.1. The van der Waals surface area contributed by atoms with Crippen molar-refractivity contribution in [1.29, 1.82) is 0 Å². The van der Waals surface area contributed by atoms with E-state index in [1.54, 1.807) is 7.11 Å². The van der Waals surface area contributed by atoms with Gasteiger partial charge in [0.25, 0.3) is 0 Å². The molecule has 1 aromatic carbocycles. The molecular formula is C17H29N3O. The van der Waals surface area contributed by atoms with Crippen LogP contribution in [0.1, 0.15) is 23.6 Å². The van der Waals surface area contributed by atoms with Crippen molar-refractivity contribution >= 4 is 0 Å².